The molecule has 1 unspecified atom stereocenters. The van der Waals surface area contributed by atoms with Gasteiger partial charge >= 0.3 is 6.18 Å². The molecule has 0 aliphatic carbocycles. The van der Waals surface area contributed by atoms with Gasteiger partial charge in [-0.3, -0.25) is 4.79 Å². The largest absolute Gasteiger partial charge is 0.391 e. The summed E-state index contributed by atoms with van der Waals surface area (Å²) in [5.74, 6) is -0.242. The van der Waals surface area contributed by atoms with E-state index in [0.717, 1.165) is 0 Å². The molecule has 0 aromatic heterocycles. The van der Waals surface area contributed by atoms with Crippen LogP contribution in [0.5, 0.6) is 0 Å². The van der Waals surface area contributed by atoms with Crippen molar-refractivity contribution < 1.29 is 22.7 Å². The molecule has 1 rings (SSSR count). The van der Waals surface area contributed by atoms with E-state index < -0.39 is 25.3 Å². The molecule has 0 bridgehead atoms. The maximum atomic E-state index is 11.9. The number of rotatable bonds is 4. The Labute approximate surface area is 98.1 Å². The number of nitrogens with one attached hydrogen (secondary N) is 1. The molecule has 17 heavy (non-hydrogen) atoms. The van der Waals surface area contributed by atoms with Crippen molar-refractivity contribution in [1.29, 1.82) is 0 Å². The first-order valence-electron chi connectivity index (χ1n) is 5.58. The van der Waals surface area contributed by atoms with Gasteiger partial charge in [-0.15, -0.1) is 0 Å². The van der Waals surface area contributed by atoms with Crippen molar-refractivity contribution in [3.05, 3.63) is 0 Å². The van der Waals surface area contributed by atoms with E-state index in [1.54, 1.807) is 4.90 Å². The SMILES string of the molecule is CC(OCCC(F)(F)F)C(=O)N1CCNCC1. The monoisotopic (exact) mass is 254 g/mol. The molecule has 1 amide bonds. The maximum Gasteiger partial charge on any atom is 0.391 e. The van der Waals surface area contributed by atoms with Crippen LogP contribution in [0.15, 0.2) is 0 Å². The van der Waals surface area contributed by atoms with Gasteiger partial charge < -0.3 is 15.0 Å². The zero-order chi connectivity index (χ0) is 12.9. The van der Waals surface area contributed by atoms with E-state index in [0.29, 0.717) is 26.2 Å². The molecule has 0 aromatic carbocycles. The number of carbonyl (C=O) groups is 1. The van der Waals surface area contributed by atoms with Gasteiger partial charge in [-0.1, -0.05) is 0 Å². The van der Waals surface area contributed by atoms with E-state index in [1.807, 2.05) is 0 Å². The van der Waals surface area contributed by atoms with Crippen molar-refractivity contribution in [3.8, 4) is 0 Å². The smallest absolute Gasteiger partial charge is 0.368 e. The summed E-state index contributed by atoms with van der Waals surface area (Å²) in [4.78, 5) is 13.4. The maximum absolute atomic E-state index is 11.9. The van der Waals surface area contributed by atoms with Crippen LogP contribution in [0.4, 0.5) is 13.2 Å². The van der Waals surface area contributed by atoms with Crippen molar-refractivity contribution in [1.82, 2.24) is 10.2 Å². The van der Waals surface area contributed by atoms with Crippen LogP contribution in [0, 0.1) is 0 Å². The van der Waals surface area contributed by atoms with Gasteiger partial charge in [0.15, 0.2) is 0 Å². The van der Waals surface area contributed by atoms with Crippen LogP contribution in [0.1, 0.15) is 13.3 Å². The van der Waals surface area contributed by atoms with Crippen molar-refractivity contribution >= 4 is 5.91 Å². The summed E-state index contributed by atoms with van der Waals surface area (Å²) in [6, 6.07) is 0. The number of amides is 1. The Morgan fingerprint density at radius 1 is 1.41 bits per heavy atom. The minimum Gasteiger partial charge on any atom is -0.368 e. The summed E-state index contributed by atoms with van der Waals surface area (Å²) >= 11 is 0. The number of piperazine rings is 1. The second-order valence-corrected chi connectivity index (χ2v) is 3.95. The van der Waals surface area contributed by atoms with Gasteiger partial charge in [0.1, 0.15) is 6.10 Å². The lowest BCUT2D eigenvalue weighted by atomic mass is 10.3. The fourth-order valence-electron chi connectivity index (χ4n) is 1.57. The van der Waals surface area contributed by atoms with Crippen LogP contribution in [-0.2, 0) is 9.53 Å². The van der Waals surface area contributed by atoms with Gasteiger partial charge in [0.2, 0.25) is 0 Å². The zero-order valence-electron chi connectivity index (χ0n) is 9.72. The summed E-state index contributed by atoms with van der Waals surface area (Å²) in [6.45, 7) is 3.59. The molecule has 0 radical (unpaired) electrons. The lowest BCUT2D eigenvalue weighted by Gasteiger charge is -2.29. The van der Waals surface area contributed by atoms with Gasteiger partial charge in [-0.05, 0) is 6.92 Å². The third kappa shape index (κ3) is 5.36. The second-order valence-electron chi connectivity index (χ2n) is 3.95. The molecule has 1 fully saturated rings. The number of alkyl halides is 3. The number of ether oxygens (including phenoxy) is 1. The molecule has 1 aliphatic rings. The highest BCUT2D eigenvalue weighted by atomic mass is 19.4. The standard InChI is InChI=1S/C10H17F3N2O2/c1-8(17-7-2-10(11,12)13)9(16)15-5-3-14-4-6-15/h8,14H,2-7H2,1H3. The van der Waals surface area contributed by atoms with Gasteiger partial charge in [0, 0.05) is 26.2 Å². The topological polar surface area (TPSA) is 41.6 Å². The van der Waals surface area contributed by atoms with Crippen LogP contribution in [0.3, 0.4) is 0 Å². The molecular formula is C10H17F3N2O2. The second kappa shape index (κ2) is 6.20. The first-order chi connectivity index (χ1) is 7.90. The number of carbonyl (C=O) groups excluding carboxylic acids is 1. The van der Waals surface area contributed by atoms with E-state index in [4.69, 9.17) is 4.74 Å². The molecule has 0 saturated carbocycles. The highest BCUT2D eigenvalue weighted by molar-refractivity contribution is 5.80. The molecule has 1 aliphatic heterocycles. The first-order valence-corrected chi connectivity index (χ1v) is 5.58. The average molecular weight is 254 g/mol. The third-order valence-corrected chi connectivity index (χ3v) is 2.53. The Balaban J connectivity index is 2.26. The van der Waals surface area contributed by atoms with Gasteiger partial charge in [-0.25, -0.2) is 0 Å². The van der Waals surface area contributed by atoms with Gasteiger partial charge in [0.25, 0.3) is 5.91 Å². The number of hydrogen-bond acceptors (Lipinski definition) is 3. The Morgan fingerprint density at radius 2 is 2.00 bits per heavy atom. The summed E-state index contributed by atoms with van der Waals surface area (Å²) in [6.07, 6.45) is -6.07. The van der Waals surface area contributed by atoms with E-state index >= 15 is 0 Å². The minimum absolute atomic E-state index is 0.242. The molecule has 7 heteroatoms. The summed E-state index contributed by atoms with van der Waals surface area (Å²) in [7, 11) is 0. The van der Waals surface area contributed by atoms with Crippen molar-refractivity contribution in [2.24, 2.45) is 0 Å². The molecule has 0 spiro atoms. The van der Waals surface area contributed by atoms with Crippen LogP contribution in [-0.4, -0.2) is 55.9 Å². The average Bonchev–Trinajstić information content (AvgIpc) is 2.27. The van der Waals surface area contributed by atoms with Crippen molar-refractivity contribution in [2.45, 2.75) is 25.6 Å². The predicted molar refractivity (Wildman–Crippen MR) is 55.5 cm³/mol. The third-order valence-electron chi connectivity index (χ3n) is 2.53. The molecule has 0 aromatic rings. The van der Waals surface area contributed by atoms with E-state index in [9.17, 15) is 18.0 Å². The summed E-state index contributed by atoms with van der Waals surface area (Å²) in [5, 5.41) is 3.09. The number of hydrogen-bond donors (Lipinski definition) is 1. The van der Waals surface area contributed by atoms with Crippen LogP contribution >= 0.6 is 0 Å². The highest BCUT2D eigenvalue weighted by Gasteiger charge is 2.28. The number of nitrogens with zero attached hydrogens (tertiary/aromatic N) is 1. The van der Waals surface area contributed by atoms with E-state index in [2.05, 4.69) is 5.32 Å². The fourth-order valence-corrected chi connectivity index (χ4v) is 1.57. The van der Waals surface area contributed by atoms with Gasteiger partial charge in [0.05, 0.1) is 13.0 Å². The molecule has 4 nitrogen and oxygen atoms in total. The molecule has 1 N–H and O–H groups in total. The Morgan fingerprint density at radius 3 is 2.53 bits per heavy atom. The normalized spacial score (nSPS) is 19.2. The lowest BCUT2D eigenvalue weighted by molar-refractivity contribution is -0.158. The number of halogens is 3. The highest BCUT2D eigenvalue weighted by Crippen LogP contribution is 2.19. The predicted octanol–water partition coefficient (Wildman–Crippen LogP) is 0.776. The van der Waals surface area contributed by atoms with Crippen molar-refractivity contribution in [3.63, 3.8) is 0 Å². The zero-order valence-corrected chi connectivity index (χ0v) is 9.72. The molecule has 100 valence electrons. The van der Waals surface area contributed by atoms with Crippen LogP contribution in [0.2, 0.25) is 0 Å². The summed E-state index contributed by atoms with van der Waals surface area (Å²) < 4.78 is 40.5. The fraction of sp³-hybridized carbons (Fsp3) is 0.900. The van der Waals surface area contributed by atoms with E-state index in [1.165, 1.54) is 6.92 Å². The van der Waals surface area contributed by atoms with Crippen LogP contribution < -0.4 is 5.32 Å². The lowest BCUT2D eigenvalue weighted by Crippen LogP contribution is -2.49. The molecular weight excluding hydrogens is 237 g/mol. The quantitative estimate of drug-likeness (QED) is 0.806. The Bertz CT molecular complexity index is 252. The van der Waals surface area contributed by atoms with E-state index in [-0.39, 0.29) is 5.91 Å². The molecule has 1 heterocycles. The van der Waals surface area contributed by atoms with Crippen LogP contribution in [0.25, 0.3) is 0 Å². The molecule has 1 atom stereocenters. The van der Waals surface area contributed by atoms with Crippen molar-refractivity contribution in [2.75, 3.05) is 32.8 Å². The Kier molecular flexibility index (Phi) is 5.20. The molecule has 1 saturated heterocycles. The minimum atomic E-state index is -4.24. The first kappa shape index (κ1) is 14.2. The van der Waals surface area contributed by atoms with Gasteiger partial charge in [-0.2, -0.15) is 13.2 Å². The Hall–Kier alpha value is -0.820. The summed E-state index contributed by atoms with van der Waals surface area (Å²) in [5.41, 5.74) is 0.